The zero-order chi connectivity index (χ0) is 19.3. The van der Waals surface area contributed by atoms with E-state index < -0.39 is 5.41 Å². The number of halogens is 1. The number of aliphatic hydroxyl groups excluding tert-OH is 1. The Morgan fingerprint density at radius 3 is 2.35 bits per heavy atom. The van der Waals surface area contributed by atoms with E-state index in [0.717, 1.165) is 23.1 Å². The maximum Gasteiger partial charge on any atom is 0.322 e. The Balaban J connectivity index is 2.06. The Hall–Kier alpha value is -1.44. The van der Waals surface area contributed by atoms with Gasteiger partial charge in [-0.1, -0.05) is 41.9 Å². The van der Waals surface area contributed by atoms with E-state index in [2.05, 4.69) is 40.0 Å². The first-order valence-corrected chi connectivity index (χ1v) is 9.82. The quantitative estimate of drug-likeness (QED) is 0.501. The lowest BCUT2D eigenvalue weighted by Gasteiger charge is -2.38. The molecule has 0 spiro atoms. The highest BCUT2D eigenvalue weighted by atomic mass is 79.9. The van der Waals surface area contributed by atoms with Gasteiger partial charge in [-0.05, 0) is 30.5 Å². The van der Waals surface area contributed by atoms with Gasteiger partial charge < -0.3 is 10.0 Å². The van der Waals surface area contributed by atoms with Crippen molar-refractivity contribution in [1.29, 1.82) is 5.41 Å². The van der Waals surface area contributed by atoms with E-state index in [1.165, 1.54) is 0 Å². The van der Waals surface area contributed by atoms with E-state index in [0.29, 0.717) is 19.6 Å². The first-order valence-electron chi connectivity index (χ1n) is 9.03. The number of amides is 2. The van der Waals surface area contributed by atoms with Crippen LogP contribution in [0.4, 0.5) is 4.79 Å². The minimum atomic E-state index is -0.574. The molecule has 1 heterocycles. The lowest BCUT2D eigenvalue weighted by molar-refractivity contribution is 0.124. The van der Waals surface area contributed by atoms with Gasteiger partial charge in [-0.15, -0.1) is 0 Å². The van der Waals surface area contributed by atoms with Crippen LogP contribution in [-0.2, 0) is 5.41 Å². The summed E-state index contributed by atoms with van der Waals surface area (Å²) in [6.07, 6.45) is 0. The van der Waals surface area contributed by atoms with Crippen LogP contribution in [-0.4, -0.2) is 66.1 Å². The molecule has 1 aromatic carbocycles. The van der Waals surface area contributed by atoms with Crippen molar-refractivity contribution in [3.63, 3.8) is 0 Å². The van der Waals surface area contributed by atoms with Gasteiger partial charge >= 0.3 is 6.03 Å². The molecular formula is C19H29BrN4O2. The fourth-order valence-corrected chi connectivity index (χ4v) is 3.46. The van der Waals surface area contributed by atoms with E-state index >= 15 is 0 Å². The number of carbonyl (C=O) groups is 1. The van der Waals surface area contributed by atoms with Crippen molar-refractivity contribution >= 4 is 27.8 Å². The van der Waals surface area contributed by atoms with E-state index in [-0.39, 0.29) is 24.4 Å². The minimum Gasteiger partial charge on any atom is -0.395 e. The molecule has 3 N–H and O–H groups in total. The number of hydrogen-bond acceptors (Lipinski definition) is 4. The predicted octanol–water partition coefficient (Wildman–Crippen LogP) is 2.66. The average Bonchev–Trinajstić information content (AvgIpc) is 2.62. The van der Waals surface area contributed by atoms with Gasteiger partial charge in [0.1, 0.15) is 5.84 Å². The van der Waals surface area contributed by atoms with Crippen molar-refractivity contribution in [2.45, 2.75) is 26.2 Å². The summed E-state index contributed by atoms with van der Waals surface area (Å²) >= 11 is 3.44. The molecule has 6 nitrogen and oxygen atoms in total. The molecule has 1 atom stereocenters. The standard InChI is InChI=1S/C19H29BrN4O2/c1-14(2)19(3,15-4-6-16(20)7-5-15)17(21)22-18(26)24-10-8-23(9-11-24)12-13-25/h4-7,14,25H,8-13H2,1-3H3,(H2,21,22,26). The average molecular weight is 425 g/mol. The zero-order valence-electron chi connectivity index (χ0n) is 15.8. The summed E-state index contributed by atoms with van der Waals surface area (Å²) in [6.45, 7) is 9.61. The summed E-state index contributed by atoms with van der Waals surface area (Å²) in [6, 6.07) is 7.70. The summed E-state index contributed by atoms with van der Waals surface area (Å²) in [5, 5.41) is 20.4. The molecule has 1 fully saturated rings. The molecule has 26 heavy (non-hydrogen) atoms. The van der Waals surface area contributed by atoms with Crippen LogP contribution in [0, 0.1) is 11.3 Å². The van der Waals surface area contributed by atoms with Gasteiger partial charge in [-0.25, -0.2) is 4.79 Å². The molecule has 2 amide bonds. The lowest BCUT2D eigenvalue weighted by atomic mass is 9.72. The topological polar surface area (TPSA) is 79.7 Å². The molecule has 2 rings (SSSR count). The first-order chi connectivity index (χ1) is 12.3. The third kappa shape index (κ3) is 4.64. The Morgan fingerprint density at radius 2 is 1.85 bits per heavy atom. The highest BCUT2D eigenvalue weighted by Crippen LogP contribution is 2.33. The highest BCUT2D eigenvalue weighted by molar-refractivity contribution is 9.10. The maximum atomic E-state index is 12.6. The number of nitrogens with zero attached hydrogens (tertiary/aromatic N) is 2. The second-order valence-corrected chi connectivity index (χ2v) is 8.14. The number of aliphatic hydroxyl groups is 1. The van der Waals surface area contributed by atoms with E-state index in [4.69, 9.17) is 10.5 Å². The van der Waals surface area contributed by atoms with E-state index in [9.17, 15) is 4.79 Å². The molecule has 0 aromatic heterocycles. The number of urea groups is 1. The molecule has 1 aliphatic heterocycles. The highest BCUT2D eigenvalue weighted by Gasteiger charge is 2.37. The van der Waals surface area contributed by atoms with Crippen LogP contribution in [0.3, 0.4) is 0 Å². The van der Waals surface area contributed by atoms with Gasteiger partial charge in [0.05, 0.1) is 12.0 Å². The van der Waals surface area contributed by atoms with Crippen LogP contribution < -0.4 is 5.32 Å². The number of β-amino-alcohol motifs (C(OH)–C–C–N with tert-alkyl or cyclic N) is 1. The van der Waals surface area contributed by atoms with Gasteiger partial charge in [0.2, 0.25) is 0 Å². The van der Waals surface area contributed by atoms with E-state index in [1.54, 1.807) is 4.90 Å². The van der Waals surface area contributed by atoms with Crippen molar-refractivity contribution in [3.8, 4) is 0 Å². The largest absolute Gasteiger partial charge is 0.395 e. The molecule has 1 unspecified atom stereocenters. The second kappa shape index (κ2) is 8.97. The number of carbonyl (C=O) groups excluding carboxylic acids is 1. The molecule has 0 aliphatic carbocycles. The lowest BCUT2D eigenvalue weighted by Crippen LogP contribution is -2.56. The molecule has 1 aliphatic rings. The van der Waals surface area contributed by atoms with Crippen LogP contribution >= 0.6 is 15.9 Å². The third-order valence-corrected chi connectivity index (χ3v) is 5.95. The number of nitrogens with one attached hydrogen (secondary N) is 2. The Kier molecular flexibility index (Phi) is 7.20. The summed E-state index contributed by atoms with van der Waals surface area (Å²) in [5.74, 6) is 0.371. The molecule has 1 saturated heterocycles. The van der Waals surface area contributed by atoms with Crippen molar-refractivity contribution in [2.75, 3.05) is 39.3 Å². The second-order valence-electron chi connectivity index (χ2n) is 7.22. The fourth-order valence-electron chi connectivity index (χ4n) is 3.19. The smallest absolute Gasteiger partial charge is 0.322 e. The van der Waals surface area contributed by atoms with Crippen molar-refractivity contribution in [3.05, 3.63) is 34.3 Å². The van der Waals surface area contributed by atoms with Gasteiger partial charge in [0, 0.05) is 37.2 Å². The molecule has 0 radical (unpaired) electrons. The van der Waals surface area contributed by atoms with Crippen LogP contribution in [0.25, 0.3) is 0 Å². The number of benzene rings is 1. The third-order valence-electron chi connectivity index (χ3n) is 5.43. The van der Waals surface area contributed by atoms with Gasteiger partial charge in [0.15, 0.2) is 0 Å². The number of hydrogen-bond donors (Lipinski definition) is 3. The Labute approximate surface area is 164 Å². The molecular weight excluding hydrogens is 396 g/mol. The number of amidine groups is 1. The molecule has 0 saturated carbocycles. The van der Waals surface area contributed by atoms with Crippen LogP contribution in [0.5, 0.6) is 0 Å². The predicted molar refractivity (Wildman–Crippen MR) is 108 cm³/mol. The minimum absolute atomic E-state index is 0.136. The molecule has 144 valence electrons. The normalized spacial score (nSPS) is 17.8. The van der Waals surface area contributed by atoms with Crippen LogP contribution in [0.2, 0.25) is 0 Å². The van der Waals surface area contributed by atoms with E-state index in [1.807, 2.05) is 31.2 Å². The van der Waals surface area contributed by atoms with Crippen molar-refractivity contribution < 1.29 is 9.90 Å². The molecule has 0 bridgehead atoms. The first kappa shape index (κ1) is 20.9. The number of piperazine rings is 1. The summed E-state index contributed by atoms with van der Waals surface area (Å²) in [7, 11) is 0. The summed E-state index contributed by atoms with van der Waals surface area (Å²) < 4.78 is 0.990. The van der Waals surface area contributed by atoms with Crippen LogP contribution in [0.1, 0.15) is 26.3 Å². The summed E-state index contributed by atoms with van der Waals surface area (Å²) in [5.41, 5.74) is 0.434. The maximum absolute atomic E-state index is 12.6. The Morgan fingerprint density at radius 1 is 1.27 bits per heavy atom. The SMILES string of the molecule is CC(C)C(C)(C(=N)NC(=O)N1CCN(CCO)CC1)c1ccc(Br)cc1. The molecule has 7 heteroatoms. The van der Waals surface area contributed by atoms with Gasteiger partial charge in [0.25, 0.3) is 0 Å². The van der Waals surface area contributed by atoms with Gasteiger partial charge in [-0.2, -0.15) is 0 Å². The van der Waals surface area contributed by atoms with Crippen molar-refractivity contribution in [1.82, 2.24) is 15.1 Å². The fraction of sp³-hybridized carbons (Fsp3) is 0.579. The summed E-state index contributed by atoms with van der Waals surface area (Å²) in [4.78, 5) is 16.5. The monoisotopic (exact) mass is 424 g/mol. The molecule has 1 aromatic rings. The van der Waals surface area contributed by atoms with Crippen molar-refractivity contribution in [2.24, 2.45) is 5.92 Å². The Bertz CT molecular complexity index is 627. The number of rotatable bonds is 5. The zero-order valence-corrected chi connectivity index (χ0v) is 17.3. The van der Waals surface area contributed by atoms with Gasteiger partial charge in [-0.3, -0.25) is 15.6 Å². The van der Waals surface area contributed by atoms with Crippen LogP contribution in [0.15, 0.2) is 28.7 Å².